The summed E-state index contributed by atoms with van der Waals surface area (Å²) < 4.78 is 32.2. The van der Waals surface area contributed by atoms with Crippen LogP contribution in [0.3, 0.4) is 0 Å². The van der Waals surface area contributed by atoms with Crippen LogP contribution in [0.15, 0.2) is 36.5 Å². The molecule has 1 aliphatic rings. The Morgan fingerprint density at radius 3 is 2.77 bits per heavy atom. The lowest BCUT2D eigenvalue weighted by atomic mass is 10.2. The van der Waals surface area contributed by atoms with E-state index in [-0.39, 0.29) is 0 Å². The van der Waals surface area contributed by atoms with Gasteiger partial charge in [-0.3, -0.25) is 9.48 Å². The van der Waals surface area contributed by atoms with Gasteiger partial charge in [-0.2, -0.15) is 18.2 Å². The van der Waals surface area contributed by atoms with Crippen molar-refractivity contribution in [2.75, 3.05) is 6.54 Å². The van der Waals surface area contributed by atoms with E-state index in [1.54, 1.807) is 10.8 Å². The first-order valence-electron chi connectivity index (χ1n) is 9.84. The van der Waals surface area contributed by atoms with Crippen molar-refractivity contribution in [3.63, 3.8) is 0 Å². The standard InChI is InChI=1S/C21H25N5O3S/c1-14-4-8-19-17(12-14)10-11-26(19)21-18(15(2)23-25(21)3)7-9-20(27)24-30(28,29)22-13-16-5-6-16/h4,7-12,16,22H,5-6,13H2,1-3H3,(H,24,27). The average molecular weight is 428 g/mol. The number of benzene rings is 1. The van der Waals surface area contributed by atoms with Crippen molar-refractivity contribution < 1.29 is 13.2 Å². The van der Waals surface area contributed by atoms with Gasteiger partial charge in [-0.1, -0.05) is 11.6 Å². The van der Waals surface area contributed by atoms with Gasteiger partial charge in [0, 0.05) is 36.8 Å². The predicted molar refractivity (Wildman–Crippen MR) is 116 cm³/mol. The fraction of sp³-hybridized carbons (Fsp3) is 0.333. The summed E-state index contributed by atoms with van der Waals surface area (Å²) >= 11 is 0. The Labute approximate surface area is 175 Å². The molecule has 2 aromatic heterocycles. The topological polar surface area (TPSA) is 98.0 Å². The van der Waals surface area contributed by atoms with Crippen molar-refractivity contribution in [3.8, 4) is 5.82 Å². The molecule has 158 valence electrons. The predicted octanol–water partition coefficient (Wildman–Crippen LogP) is 2.35. The van der Waals surface area contributed by atoms with Crippen LogP contribution in [0, 0.1) is 19.8 Å². The zero-order valence-corrected chi connectivity index (χ0v) is 18.0. The maximum atomic E-state index is 12.2. The van der Waals surface area contributed by atoms with Crippen LogP contribution >= 0.6 is 0 Å². The molecule has 30 heavy (non-hydrogen) atoms. The highest BCUT2D eigenvalue weighted by molar-refractivity contribution is 7.88. The first-order chi connectivity index (χ1) is 14.2. The lowest BCUT2D eigenvalue weighted by molar-refractivity contribution is -0.114. The van der Waals surface area contributed by atoms with Crippen LogP contribution in [-0.4, -0.2) is 35.2 Å². The van der Waals surface area contributed by atoms with Crippen molar-refractivity contribution in [2.24, 2.45) is 13.0 Å². The van der Waals surface area contributed by atoms with Gasteiger partial charge in [0.25, 0.3) is 5.91 Å². The van der Waals surface area contributed by atoms with E-state index >= 15 is 0 Å². The third kappa shape index (κ3) is 4.31. The number of aromatic nitrogens is 3. The molecule has 4 rings (SSSR count). The monoisotopic (exact) mass is 427 g/mol. The number of carbonyl (C=O) groups excluding carboxylic acids is 1. The summed E-state index contributed by atoms with van der Waals surface area (Å²) in [6, 6.07) is 8.23. The molecule has 1 saturated carbocycles. The minimum Gasteiger partial charge on any atom is -0.301 e. The molecule has 0 atom stereocenters. The quantitative estimate of drug-likeness (QED) is 0.566. The van der Waals surface area contributed by atoms with Crippen molar-refractivity contribution in [1.29, 1.82) is 0 Å². The number of hydrogen-bond acceptors (Lipinski definition) is 4. The number of rotatable bonds is 7. The zero-order valence-electron chi connectivity index (χ0n) is 17.2. The number of nitrogens with zero attached hydrogens (tertiary/aromatic N) is 3. The summed E-state index contributed by atoms with van der Waals surface area (Å²) in [5.74, 6) is 0.471. The maximum absolute atomic E-state index is 12.2. The average Bonchev–Trinajstić information content (AvgIpc) is 3.35. The fourth-order valence-corrected chi connectivity index (χ4v) is 4.36. The molecule has 1 fully saturated rings. The molecule has 2 heterocycles. The minimum absolute atomic E-state index is 0.359. The molecule has 0 unspecified atom stereocenters. The first-order valence-corrected chi connectivity index (χ1v) is 11.3. The second-order valence-electron chi connectivity index (χ2n) is 7.79. The van der Waals surface area contributed by atoms with Crippen molar-refractivity contribution in [3.05, 3.63) is 53.4 Å². The molecule has 0 saturated heterocycles. The number of hydrogen-bond donors (Lipinski definition) is 2. The molecule has 1 aliphatic carbocycles. The van der Waals surface area contributed by atoms with Gasteiger partial charge in [0.15, 0.2) is 0 Å². The highest BCUT2D eigenvalue weighted by Gasteiger charge is 2.24. The maximum Gasteiger partial charge on any atom is 0.301 e. The van der Waals surface area contributed by atoms with Crippen molar-refractivity contribution in [1.82, 2.24) is 23.8 Å². The summed E-state index contributed by atoms with van der Waals surface area (Å²) in [6.07, 6.45) is 6.83. The van der Waals surface area contributed by atoms with Crippen LogP contribution in [0.4, 0.5) is 0 Å². The summed E-state index contributed by atoms with van der Waals surface area (Å²) in [7, 11) is -2.02. The van der Waals surface area contributed by atoms with Crippen LogP contribution in [0.2, 0.25) is 0 Å². The smallest absolute Gasteiger partial charge is 0.301 e. The van der Waals surface area contributed by atoms with Gasteiger partial charge < -0.3 is 4.57 Å². The Morgan fingerprint density at radius 2 is 2.03 bits per heavy atom. The Kier molecular flexibility index (Phi) is 5.25. The summed E-state index contributed by atoms with van der Waals surface area (Å²) in [4.78, 5) is 12.2. The molecular formula is C21H25N5O3S. The van der Waals surface area contributed by atoms with Crippen molar-refractivity contribution >= 4 is 33.1 Å². The molecular weight excluding hydrogens is 402 g/mol. The van der Waals surface area contributed by atoms with Gasteiger partial charge >= 0.3 is 10.2 Å². The highest BCUT2D eigenvalue weighted by atomic mass is 32.2. The number of nitrogens with one attached hydrogen (secondary N) is 2. The minimum atomic E-state index is -3.86. The third-order valence-corrected chi connectivity index (χ3v) is 6.22. The molecule has 1 aromatic carbocycles. The van der Waals surface area contributed by atoms with E-state index in [0.717, 1.165) is 40.8 Å². The van der Waals surface area contributed by atoms with Crippen LogP contribution in [0.25, 0.3) is 22.8 Å². The summed E-state index contributed by atoms with van der Waals surface area (Å²) in [5.41, 5.74) is 3.68. The van der Waals surface area contributed by atoms with Gasteiger partial charge in [0.2, 0.25) is 0 Å². The molecule has 3 aromatic rings. The van der Waals surface area contributed by atoms with E-state index in [4.69, 9.17) is 0 Å². The Morgan fingerprint density at radius 1 is 1.27 bits per heavy atom. The van der Waals surface area contributed by atoms with Gasteiger partial charge in [-0.05, 0) is 56.9 Å². The van der Waals surface area contributed by atoms with E-state index in [2.05, 4.69) is 15.9 Å². The van der Waals surface area contributed by atoms with Crippen LogP contribution in [0.5, 0.6) is 0 Å². The van der Waals surface area contributed by atoms with E-state index in [0.29, 0.717) is 12.5 Å². The Balaban J connectivity index is 1.59. The lowest BCUT2D eigenvalue weighted by Crippen LogP contribution is -2.40. The molecule has 0 bridgehead atoms. The van der Waals surface area contributed by atoms with Gasteiger partial charge in [0.1, 0.15) is 5.82 Å². The van der Waals surface area contributed by atoms with E-state index in [1.807, 2.05) is 54.6 Å². The van der Waals surface area contributed by atoms with E-state index in [9.17, 15) is 13.2 Å². The number of carbonyl (C=O) groups is 1. The fourth-order valence-electron chi connectivity index (χ4n) is 3.50. The summed E-state index contributed by atoms with van der Waals surface area (Å²) in [5, 5.41) is 5.59. The highest BCUT2D eigenvalue weighted by Crippen LogP contribution is 2.28. The van der Waals surface area contributed by atoms with Gasteiger partial charge in [0.05, 0.1) is 11.2 Å². The third-order valence-electron chi connectivity index (χ3n) is 5.21. The zero-order chi connectivity index (χ0) is 21.5. The molecule has 0 radical (unpaired) electrons. The molecule has 9 heteroatoms. The molecule has 1 amide bonds. The normalized spacial score (nSPS) is 14.6. The Bertz CT molecular complexity index is 1250. The van der Waals surface area contributed by atoms with E-state index in [1.165, 1.54) is 11.6 Å². The second-order valence-corrected chi connectivity index (χ2v) is 9.29. The largest absolute Gasteiger partial charge is 0.301 e. The second kappa shape index (κ2) is 7.73. The number of aryl methyl sites for hydroxylation is 3. The molecule has 2 N–H and O–H groups in total. The molecule has 0 spiro atoms. The molecule has 0 aliphatic heterocycles. The molecule has 8 nitrogen and oxygen atoms in total. The lowest BCUT2D eigenvalue weighted by Gasteiger charge is -2.08. The van der Waals surface area contributed by atoms with Crippen LogP contribution < -0.4 is 9.44 Å². The van der Waals surface area contributed by atoms with Crippen LogP contribution in [-0.2, 0) is 22.1 Å². The SMILES string of the molecule is Cc1ccc2c(ccn2-c2c(C=CC(=O)NS(=O)(=O)NCC3CC3)c(C)nn2C)c1. The summed E-state index contributed by atoms with van der Waals surface area (Å²) in [6.45, 7) is 4.26. The Hall–Kier alpha value is -2.91. The number of fused-ring (bicyclic) bond motifs is 1. The van der Waals surface area contributed by atoms with Gasteiger partial charge in [-0.25, -0.2) is 4.72 Å². The first kappa shape index (κ1) is 20.4. The van der Waals surface area contributed by atoms with E-state index < -0.39 is 16.1 Å². The number of amides is 1. The van der Waals surface area contributed by atoms with Gasteiger partial charge in [-0.15, -0.1) is 0 Å². The van der Waals surface area contributed by atoms with Crippen LogP contribution in [0.1, 0.15) is 29.7 Å². The van der Waals surface area contributed by atoms with Crippen molar-refractivity contribution in [2.45, 2.75) is 26.7 Å².